The van der Waals surface area contributed by atoms with Gasteiger partial charge in [-0.3, -0.25) is 0 Å². The summed E-state index contributed by atoms with van der Waals surface area (Å²) in [6.07, 6.45) is 3.00. The van der Waals surface area contributed by atoms with Gasteiger partial charge in [0.1, 0.15) is 29.0 Å². The van der Waals surface area contributed by atoms with Gasteiger partial charge in [0.15, 0.2) is 5.82 Å². The lowest BCUT2D eigenvalue weighted by molar-refractivity contribution is -0.0497. The van der Waals surface area contributed by atoms with Crippen molar-refractivity contribution in [3.05, 3.63) is 41.7 Å². The number of carbonyl (C=O) groups excluding carboxylic acids is 1. The fourth-order valence-electron chi connectivity index (χ4n) is 4.74. The second-order valence-corrected chi connectivity index (χ2v) is 10.5. The fourth-order valence-corrected chi connectivity index (χ4v) is 4.97. The van der Waals surface area contributed by atoms with E-state index in [4.69, 9.17) is 21.3 Å². The van der Waals surface area contributed by atoms with Crippen molar-refractivity contribution in [1.82, 2.24) is 19.9 Å². The molecule has 1 N–H and O–H groups in total. The number of hydrogen-bond donors (Lipinski definition) is 1. The third-order valence-corrected chi connectivity index (χ3v) is 6.63. The highest BCUT2D eigenvalue weighted by Crippen LogP contribution is 2.35. The van der Waals surface area contributed by atoms with Gasteiger partial charge in [-0.2, -0.15) is 8.78 Å². The lowest BCUT2D eigenvalue weighted by Crippen LogP contribution is -2.64. The quantitative estimate of drug-likeness (QED) is 0.453. The summed E-state index contributed by atoms with van der Waals surface area (Å²) in [6, 6.07) is 8.36. The van der Waals surface area contributed by atoms with Gasteiger partial charge in [-0.15, -0.1) is 0 Å². The standard InChI is InChI=1S/C25H27ClF2N6O3/c1-25(2,3)37-24(35)34-12-15-5-6-16(34)11-33(15)20-9-7-18-21(32-20)22(30-13-29-18)31-14-4-8-19(17(26)10-14)36-23(27)28/h4,7-10,13,15-16,23H,5-6,11-12H2,1-3H3,(H,29,30,31)/t15-,16-/m1/s1. The minimum atomic E-state index is -2.97. The normalized spacial score (nSPS) is 19.4. The molecule has 0 spiro atoms. The molecule has 196 valence electrons. The zero-order valence-corrected chi connectivity index (χ0v) is 21.4. The van der Waals surface area contributed by atoms with Crippen LogP contribution in [0.5, 0.6) is 5.75 Å². The van der Waals surface area contributed by atoms with E-state index < -0.39 is 12.2 Å². The first-order valence-corrected chi connectivity index (χ1v) is 12.3. The number of nitrogens with zero attached hydrogens (tertiary/aromatic N) is 5. The molecule has 1 amide bonds. The number of amides is 1. The number of nitrogens with one attached hydrogen (secondary N) is 1. The lowest BCUT2D eigenvalue weighted by atomic mass is 9.91. The molecule has 2 atom stereocenters. The van der Waals surface area contributed by atoms with Crippen molar-refractivity contribution in [2.24, 2.45) is 0 Å². The predicted molar refractivity (Wildman–Crippen MR) is 136 cm³/mol. The van der Waals surface area contributed by atoms with Crippen LogP contribution in [-0.4, -0.2) is 63.3 Å². The number of alkyl halides is 2. The van der Waals surface area contributed by atoms with Gasteiger partial charge >= 0.3 is 12.7 Å². The maximum Gasteiger partial charge on any atom is 0.410 e. The average Bonchev–Trinajstić information content (AvgIpc) is 2.84. The number of halogens is 3. The first-order valence-electron chi connectivity index (χ1n) is 12.0. The molecule has 0 aliphatic carbocycles. The zero-order valence-electron chi connectivity index (χ0n) is 20.6. The van der Waals surface area contributed by atoms with Gasteiger partial charge in [-0.05, 0) is 63.9 Å². The molecule has 3 saturated heterocycles. The molecule has 12 heteroatoms. The zero-order chi connectivity index (χ0) is 26.3. The van der Waals surface area contributed by atoms with Crippen molar-refractivity contribution < 1.29 is 23.0 Å². The fraction of sp³-hybridized carbons (Fsp3) is 0.440. The van der Waals surface area contributed by atoms with Crippen molar-refractivity contribution in [2.75, 3.05) is 23.3 Å². The highest BCUT2D eigenvalue weighted by Gasteiger charge is 2.43. The third kappa shape index (κ3) is 5.46. The van der Waals surface area contributed by atoms with Crippen LogP contribution in [0.1, 0.15) is 33.6 Å². The number of piperazine rings is 1. The highest BCUT2D eigenvalue weighted by atomic mass is 35.5. The van der Waals surface area contributed by atoms with Gasteiger partial charge in [0.05, 0.1) is 16.6 Å². The van der Waals surface area contributed by atoms with Crippen molar-refractivity contribution in [1.29, 1.82) is 0 Å². The first kappa shape index (κ1) is 25.2. The first-order chi connectivity index (χ1) is 17.6. The summed E-state index contributed by atoms with van der Waals surface area (Å²) in [4.78, 5) is 30.3. The van der Waals surface area contributed by atoms with E-state index in [0.29, 0.717) is 35.6 Å². The molecule has 5 heterocycles. The Morgan fingerprint density at radius 2 is 1.92 bits per heavy atom. The van der Waals surface area contributed by atoms with Crippen LogP contribution < -0.4 is 15.0 Å². The van der Waals surface area contributed by atoms with Gasteiger partial charge < -0.3 is 24.6 Å². The maximum absolute atomic E-state index is 12.7. The Kier molecular flexibility index (Phi) is 6.65. The minimum Gasteiger partial charge on any atom is -0.444 e. The number of hydrogen-bond acceptors (Lipinski definition) is 8. The summed E-state index contributed by atoms with van der Waals surface area (Å²) in [5, 5.41) is 3.19. The van der Waals surface area contributed by atoms with Crippen molar-refractivity contribution in [3.8, 4) is 5.75 Å². The van der Waals surface area contributed by atoms with Crippen LogP contribution >= 0.6 is 11.6 Å². The number of rotatable bonds is 5. The SMILES string of the molecule is CC(C)(C)OC(=O)N1C[C@H]2CC[C@@H]1CN2c1ccc2ncnc(Nc3ccc(OC(F)F)c(Cl)c3)c2n1. The van der Waals surface area contributed by atoms with E-state index in [2.05, 4.69) is 24.9 Å². The molecule has 6 rings (SSSR count). The molecule has 0 radical (unpaired) electrons. The summed E-state index contributed by atoms with van der Waals surface area (Å²) in [5.41, 5.74) is 1.18. The smallest absolute Gasteiger partial charge is 0.410 e. The van der Waals surface area contributed by atoms with Crippen molar-refractivity contribution in [2.45, 2.75) is 57.9 Å². The molecule has 3 aliphatic heterocycles. The number of carbonyl (C=O) groups is 1. The van der Waals surface area contributed by atoms with Gasteiger partial charge in [0, 0.05) is 24.8 Å². The summed E-state index contributed by atoms with van der Waals surface area (Å²) >= 11 is 6.10. The van der Waals surface area contributed by atoms with Crippen molar-refractivity contribution >= 4 is 46.1 Å². The monoisotopic (exact) mass is 532 g/mol. The number of benzene rings is 1. The van der Waals surface area contributed by atoms with E-state index in [1.807, 2.05) is 37.8 Å². The summed E-state index contributed by atoms with van der Waals surface area (Å²) < 4.78 is 35.1. The molecular weight excluding hydrogens is 506 g/mol. The summed E-state index contributed by atoms with van der Waals surface area (Å²) in [6.45, 7) is 3.86. The van der Waals surface area contributed by atoms with Crippen molar-refractivity contribution in [3.63, 3.8) is 0 Å². The van der Waals surface area contributed by atoms with Crippen LogP contribution in [0.15, 0.2) is 36.7 Å². The van der Waals surface area contributed by atoms with Gasteiger partial charge in [0.25, 0.3) is 0 Å². The molecule has 0 saturated carbocycles. The number of ether oxygens (including phenoxy) is 2. The number of aromatic nitrogens is 3. The third-order valence-electron chi connectivity index (χ3n) is 6.33. The van der Waals surface area contributed by atoms with Gasteiger partial charge in [-0.25, -0.2) is 19.7 Å². The van der Waals surface area contributed by atoms with E-state index in [9.17, 15) is 13.6 Å². The Morgan fingerprint density at radius 1 is 1.14 bits per heavy atom. The Bertz CT molecular complexity index is 1320. The van der Waals surface area contributed by atoms with E-state index in [-0.39, 0.29) is 28.9 Å². The average molecular weight is 533 g/mol. The molecule has 1 aromatic carbocycles. The topological polar surface area (TPSA) is 92.7 Å². The van der Waals surface area contributed by atoms with Crippen LogP contribution in [-0.2, 0) is 4.74 Å². The summed E-state index contributed by atoms with van der Waals surface area (Å²) in [5.74, 6) is 1.10. The number of anilines is 3. The van der Waals surface area contributed by atoms with E-state index in [1.165, 1.54) is 18.5 Å². The molecule has 2 bridgehead atoms. The van der Waals surface area contributed by atoms with E-state index in [0.717, 1.165) is 18.7 Å². The van der Waals surface area contributed by atoms with Crippen LogP contribution in [0.4, 0.5) is 30.9 Å². The van der Waals surface area contributed by atoms with Gasteiger partial charge in [0.2, 0.25) is 0 Å². The van der Waals surface area contributed by atoms with Crippen LogP contribution in [0.3, 0.4) is 0 Å². The molecule has 9 nitrogen and oxygen atoms in total. The van der Waals surface area contributed by atoms with Crippen LogP contribution in [0, 0.1) is 0 Å². The van der Waals surface area contributed by atoms with E-state index in [1.54, 1.807) is 6.07 Å². The van der Waals surface area contributed by atoms with Crippen LogP contribution in [0.25, 0.3) is 11.0 Å². The highest BCUT2D eigenvalue weighted by molar-refractivity contribution is 6.32. The second kappa shape index (κ2) is 9.77. The molecular formula is C25H27ClF2N6O3. The minimum absolute atomic E-state index is 0.0381. The molecule has 2 aromatic heterocycles. The summed E-state index contributed by atoms with van der Waals surface area (Å²) in [7, 11) is 0. The molecule has 3 fully saturated rings. The number of pyridine rings is 1. The Balaban J connectivity index is 1.37. The van der Waals surface area contributed by atoms with Gasteiger partial charge in [-0.1, -0.05) is 11.6 Å². The predicted octanol–water partition coefficient (Wildman–Crippen LogP) is 5.61. The second-order valence-electron chi connectivity index (χ2n) is 10.1. The molecule has 3 aromatic rings. The largest absolute Gasteiger partial charge is 0.444 e. The number of fused-ring (bicyclic) bond motifs is 4. The molecule has 37 heavy (non-hydrogen) atoms. The Hall–Kier alpha value is -3.47. The van der Waals surface area contributed by atoms with Crippen LogP contribution in [0.2, 0.25) is 5.02 Å². The number of piperidine rings is 2. The van der Waals surface area contributed by atoms with E-state index >= 15 is 0 Å². The molecule has 0 unspecified atom stereocenters. The maximum atomic E-state index is 12.7. The Labute approximate surface area is 217 Å². The molecule has 3 aliphatic rings. The lowest BCUT2D eigenvalue weighted by Gasteiger charge is -2.51. The Morgan fingerprint density at radius 3 is 2.59 bits per heavy atom.